The van der Waals surface area contributed by atoms with Crippen molar-refractivity contribution in [3.05, 3.63) is 35.4 Å². The van der Waals surface area contributed by atoms with Gasteiger partial charge in [-0.25, -0.2) is 4.79 Å². The molecule has 7 nitrogen and oxygen atoms in total. The Hall–Kier alpha value is -2.12. The lowest BCUT2D eigenvalue weighted by molar-refractivity contribution is -0.126. The number of nitrogens with zero attached hydrogens (tertiary/aromatic N) is 3. The molecule has 0 spiro atoms. The average Bonchev–Trinajstić information content (AvgIpc) is 2.78. The zero-order valence-electron chi connectivity index (χ0n) is 19.3. The second-order valence-electron chi connectivity index (χ2n) is 8.67. The van der Waals surface area contributed by atoms with E-state index in [9.17, 15) is 9.59 Å². The smallest absolute Gasteiger partial charge is 0.319 e. The van der Waals surface area contributed by atoms with Crippen LogP contribution < -0.4 is 5.32 Å². The molecule has 2 aliphatic rings. The third-order valence-corrected chi connectivity index (χ3v) is 6.36. The van der Waals surface area contributed by atoms with Crippen molar-refractivity contribution in [2.24, 2.45) is 5.92 Å². The van der Waals surface area contributed by atoms with E-state index in [0.717, 1.165) is 57.7 Å². The first-order valence-corrected chi connectivity index (χ1v) is 11.7. The minimum Gasteiger partial charge on any atom is -0.376 e. The quantitative estimate of drug-likeness (QED) is 0.722. The molecule has 3 rings (SSSR count). The first kappa shape index (κ1) is 23.5. The number of nitrogens with one attached hydrogen (secondary N) is 1. The van der Waals surface area contributed by atoms with Crippen LogP contribution in [0.15, 0.2) is 24.3 Å². The van der Waals surface area contributed by atoms with Crippen LogP contribution in [0, 0.1) is 5.92 Å². The van der Waals surface area contributed by atoms with Gasteiger partial charge in [0.15, 0.2) is 0 Å². The highest BCUT2D eigenvalue weighted by Gasteiger charge is 2.28. The van der Waals surface area contributed by atoms with Crippen LogP contribution in [0.3, 0.4) is 0 Å². The third kappa shape index (κ3) is 6.68. The maximum atomic E-state index is 12.7. The molecular formula is C24H38N4O3. The van der Waals surface area contributed by atoms with Gasteiger partial charge >= 0.3 is 6.03 Å². The van der Waals surface area contributed by atoms with Crippen molar-refractivity contribution in [3.63, 3.8) is 0 Å². The van der Waals surface area contributed by atoms with Crippen LogP contribution in [0.4, 0.5) is 4.79 Å². The zero-order valence-corrected chi connectivity index (χ0v) is 19.3. The Morgan fingerprint density at radius 3 is 2.52 bits per heavy atom. The van der Waals surface area contributed by atoms with E-state index in [0.29, 0.717) is 19.6 Å². The highest BCUT2D eigenvalue weighted by atomic mass is 16.5. The highest BCUT2D eigenvalue weighted by molar-refractivity contribution is 5.79. The number of benzene rings is 1. The summed E-state index contributed by atoms with van der Waals surface area (Å²) in [5, 5.41) is 3.11. The van der Waals surface area contributed by atoms with Gasteiger partial charge in [0.25, 0.3) is 0 Å². The van der Waals surface area contributed by atoms with Crippen molar-refractivity contribution in [1.29, 1.82) is 0 Å². The van der Waals surface area contributed by atoms with Crippen molar-refractivity contribution in [2.45, 2.75) is 52.8 Å². The number of ether oxygens (including phenoxy) is 1. The van der Waals surface area contributed by atoms with E-state index in [1.165, 1.54) is 5.56 Å². The molecule has 172 valence electrons. The Labute approximate surface area is 186 Å². The van der Waals surface area contributed by atoms with E-state index in [2.05, 4.69) is 41.4 Å². The van der Waals surface area contributed by atoms with Gasteiger partial charge in [-0.3, -0.25) is 9.69 Å². The maximum Gasteiger partial charge on any atom is 0.319 e. The van der Waals surface area contributed by atoms with Crippen LogP contribution in [0.5, 0.6) is 0 Å². The van der Waals surface area contributed by atoms with Crippen LogP contribution in [0.1, 0.15) is 44.7 Å². The van der Waals surface area contributed by atoms with Crippen LogP contribution in [-0.2, 0) is 22.6 Å². The number of carbonyl (C=O) groups excluding carboxylic acids is 2. The number of carbonyl (C=O) groups is 2. The zero-order chi connectivity index (χ0) is 22.2. The third-order valence-electron chi connectivity index (χ3n) is 6.36. The van der Waals surface area contributed by atoms with E-state index in [1.54, 1.807) is 0 Å². The van der Waals surface area contributed by atoms with Crippen LogP contribution in [0.25, 0.3) is 0 Å². The number of piperidine rings is 1. The molecule has 7 heteroatoms. The molecule has 31 heavy (non-hydrogen) atoms. The normalized spacial score (nSPS) is 20.5. The van der Waals surface area contributed by atoms with Gasteiger partial charge in [-0.15, -0.1) is 0 Å². The molecule has 0 bridgehead atoms. The fourth-order valence-corrected chi connectivity index (χ4v) is 4.49. The Morgan fingerprint density at radius 1 is 1.13 bits per heavy atom. The van der Waals surface area contributed by atoms with E-state index >= 15 is 0 Å². The minimum absolute atomic E-state index is 0.0150. The summed E-state index contributed by atoms with van der Waals surface area (Å²) >= 11 is 0. The number of amides is 3. The predicted octanol–water partition coefficient (Wildman–Crippen LogP) is 2.70. The highest BCUT2D eigenvalue weighted by Crippen LogP contribution is 2.19. The Bertz CT molecular complexity index is 729. The molecule has 0 aliphatic carbocycles. The molecule has 1 atom stereocenters. The molecule has 2 saturated heterocycles. The standard InChI is InChI=1S/C24H38N4O3/c1-4-27(5-2)24(30)28-11-9-22(10-12-28)23(29)25-16-20-7-6-8-21(15-20)18-26-13-14-31-19(3)17-26/h6-8,15,19,22H,4-5,9-14,16-18H2,1-3H3,(H,25,29). The van der Waals surface area contributed by atoms with E-state index in [1.807, 2.05) is 23.6 Å². The second kappa shape index (κ2) is 11.5. The Morgan fingerprint density at radius 2 is 1.84 bits per heavy atom. The lowest BCUT2D eigenvalue weighted by Gasteiger charge is -2.34. The Kier molecular flexibility index (Phi) is 8.72. The van der Waals surface area contributed by atoms with Gasteiger partial charge < -0.3 is 19.9 Å². The predicted molar refractivity (Wildman–Crippen MR) is 122 cm³/mol. The SMILES string of the molecule is CCN(CC)C(=O)N1CCC(C(=O)NCc2cccc(CN3CCOC(C)C3)c2)CC1. The molecule has 1 aromatic carbocycles. The van der Waals surface area contributed by atoms with Crippen molar-refractivity contribution in [1.82, 2.24) is 20.0 Å². The molecule has 2 aliphatic heterocycles. The molecule has 0 aromatic heterocycles. The molecule has 2 fully saturated rings. The number of likely N-dealkylation sites (tertiary alicyclic amines) is 1. The molecule has 3 amide bonds. The molecular weight excluding hydrogens is 392 g/mol. The first-order chi connectivity index (χ1) is 15.0. The molecule has 1 aromatic rings. The van der Waals surface area contributed by atoms with Gasteiger partial charge in [-0.1, -0.05) is 24.3 Å². The topological polar surface area (TPSA) is 65.1 Å². The first-order valence-electron chi connectivity index (χ1n) is 11.7. The summed E-state index contributed by atoms with van der Waals surface area (Å²) in [4.78, 5) is 31.3. The summed E-state index contributed by atoms with van der Waals surface area (Å²) in [5.41, 5.74) is 2.39. The monoisotopic (exact) mass is 430 g/mol. The van der Waals surface area contributed by atoms with Crippen molar-refractivity contribution in [3.8, 4) is 0 Å². The summed E-state index contributed by atoms with van der Waals surface area (Å²) < 4.78 is 5.62. The number of hydrogen-bond donors (Lipinski definition) is 1. The Balaban J connectivity index is 1.44. The van der Waals surface area contributed by atoms with Gasteiger partial charge in [0.05, 0.1) is 12.7 Å². The van der Waals surface area contributed by atoms with Crippen LogP contribution in [0.2, 0.25) is 0 Å². The fourth-order valence-electron chi connectivity index (χ4n) is 4.49. The number of rotatable bonds is 7. The number of urea groups is 1. The second-order valence-corrected chi connectivity index (χ2v) is 8.67. The van der Waals surface area contributed by atoms with Gasteiger partial charge in [0.1, 0.15) is 0 Å². The summed E-state index contributed by atoms with van der Waals surface area (Å²) in [6.07, 6.45) is 1.74. The fraction of sp³-hybridized carbons (Fsp3) is 0.667. The van der Waals surface area contributed by atoms with Gasteiger partial charge in [-0.05, 0) is 44.7 Å². The maximum absolute atomic E-state index is 12.7. The minimum atomic E-state index is -0.0150. The van der Waals surface area contributed by atoms with Crippen LogP contribution in [-0.4, -0.2) is 78.6 Å². The summed E-state index contributed by atoms with van der Waals surface area (Å²) in [6, 6.07) is 8.56. The number of hydrogen-bond acceptors (Lipinski definition) is 4. The molecule has 1 N–H and O–H groups in total. The molecule has 0 saturated carbocycles. The van der Waals surface area contributed by atoms with Crippen molar-refractivity contribution >= 4 is 11.9 Å². The molecule has 1 unspecified atom stereocenters. The van der Waals surface area contributed by atoms with E-state index in [-0.39, 0.29) is 24.0 Å². The molecule has 2 heterocycles. The largest absolute Gasteiger partial charge is 0.376 e. The van der Waals surface area contributed by atoms with Crippen LogP contribution >= 0.6 is 0 Å². The van der Waals surface area contributed by atoms with Gasteiger partial charge in [-0.2, -0.15) is 0 Å². The van der Waals surface area contributed by atoms with Gasteiger partial charge in [0.2, 0.25) is 5.91 Å². The summed E-state index contributed by atoms with van der Waals surface area (Å²) in [7, 11) is 0. The van der Waals surface area contributed by atoms with Crippen molar-refractivity contribution in [2.75, 3.05) is 45.9 Å². The number of morpholine rings is 1. The van der Waals surface area contributed by atoms with Gasteiger partial charge in [0, 0.05) is 58.3 Å². The lowest BCUT2D eigenvalue weighted by Crippen LogP contribution is -2.48. The lowest BCUT2D eigenvalue weighted by atomic mass is 9.96. The van der Waals surface area contributed by atoms with E-state index in [4.69, 9.17) is 4.74 Å². The summed E-state index contributed by atoms with van der Waals surface area (Å²) in [5.74, 6) is 0.0844. The van der Waals surface area contributed by atoms with E-state index < -0.39 is 0 Å². The summed E-state index contributed by atoms with van der Waals surface area (Å²) in [6.45, 7) is 13.0. The molecule has 0 radical (unpaired) electrons. The van der Waals surface area contributed by atoms with Crippen molar-refractivity contribution < 1.29 is 14.3 Å². The average molecular weight is 431 g/mol.